The number of hydrogen-bond acceptors (Lipinski definition) is 4. The van der Waals surface area contributed by atoms with E-state index in [1.165, 1.54) is 16.1 Å². The predicted octanol–water partition coefficient (Wildman–Crippen LogP) is 3.37. The van der Waals surface area contributed by atoms with Crippen molar-refractivity contribution in [3.8, 4) is 0 Å². The SMILES string of the molecule is CCN(CC(=O)Nc1ccccc1SC)S(=O)(=O)c1ccc(C)cc1. The molecule has 1 amide bonds. The molecule has 0 unspecified atom stereocenters. The molecule has 0 radical (unpaired) electrons. The number of rotatable bonds is 7. The quantitative estimate of drug-likeness (QED) is 0.750. The molecule has 0 aliphatic rings. The van der Waals surface area contributed by atoms with Gasteiger partial charge in [0, 0.05) is 11.4 Å². The smallest absolute Gasteiger partial charge is 0.243 e. The van der Waals surface area contributed by atoms with Crippen molar-refractivity contribution in [1.82, 2.24) is 4.31 Å². The predicted molar refractivity (Wildman–Crippen MR) is 102 cm³/mol. The topological polar surface area (TPSA) is 66.5 Å². The molecule has 25 heavy (non-hydrogen) atoms. The fourth-order valence-electron chi connectivity index (χ4n) is 2.32. The van der Waals surface area contributed by atoms with E-state index in [4.69, 9.17) is 0 Å². The van der Waals surface area contributed by atoms with Gasteiger partial charge in [-0.2, -0.15) is 4.31 Å². The first-order valence-corrected chi connectivity index (χ1v) is 10.5. The molecule has 0 atom stereocenters. The number of amides is 1. The molecule has 0 fully saturated rings. The van der Waals surface area contributed by atoms with E-state index in [0.29, 0.717) is 5.69 Å². The molecule has 0 aliphatic carbocycles. The zero-order valence-electron chi connectivity index (χ0n) is 14.5. The molecule has 7 heteroatoms. The zero-order valence-corrected chi connectivity index (χ0v) is 16.2. The average Bonchev–Trinajstić information content (AvgIpc) is 2.60. The zero-order chi connectivity index (χ0) is 18.4. The van der Waals surface area contributed by atoms with Crippen LogP contribution in [0.5, 0.6) is 0 Å². The maximum absolute atomic E-state index is 12.7. The number of likely N-dealkylation sites (N-methyl/N-ethyl adjacent to an activating group) is 1. The summed E-state index contributed by atoms with van der Waals surface area (Å²) >= 11 is 1.52. The van der Waals surface area contributed by atoms with Crippen LogP contribution in [0.15, 0.2) is 58.3 Å². The van der Waals surface area contributed by atoms with Crippen molar-refractivity contribution in [2.45, 2.75) is 23.6 Å². The van der Waals surface area contributed by atoms with Gasteiger partial charge in [0.25, 0.3) is 0 Å². The van der Waals surface area contributed by atoms with Gasteiger partial charge in [-0.1, -0.05) is 36.8 Å². The number of hydrogen-bond donors (Lipinski definition) is 1. The highest BCUT2D eigenvalue weighted by Crippen LogP contribution is 2.24. The van der Waals surface area contributed by atoms with Crippen molar-refractivity contribution < 1.29 is 13.2 Å². The molecule has 0 heterocycles. The second-order valence-corrected chi connectivity index (χ2v) is 8.28. The fourth-order valence-corrected chi connectivity index (χ4v) is 4.28. The molecule has 0 aromatic heterocycles. The Morgan fingerprint density at radius 1 is 1.12 bits per heavy atom. The number of anilines is 1. The highest BCUT2D eigenvalue weighted by molar-refractivity contribution is 7.98. The molecule has 5 nitrogen and oxygen atoms in total. The Bertz CT molecular complexity index is 834. The van der Waals surface area contributed by atoms with Crippen LogP contribution in [0.2, 0.25) is 0 Å². The van der Waals surface area contributed by atoms with Crippen molar-refractivity contribution in [1.29, 1.82) is 0 Å². The molecule has 2 rings (SSSR count). The molecule has 2 aromatic carbocycles. The summed E-state index contributed by atoms with van der Waals surface area (Å²) in [5.74, 6) is -0.362. The van der Waals surface area contributed by atoms with Gasteiger partial charge in [0.05, 0.1) is 17.1 Å². The third-order valence-corrected chi connectivity index (χ3v) is 6.44. The number of nitrogens with one attached hydrogen (secondary N) is 1. The Morgan fingerprint density at radius 3 is 2.36 bits per heavy atom. The summed E-state index contributed by atoms with van der Waals surface area (Å²) in [6, 6.07) is 14.0. The van der Waals surface area contributed by atoms with Gasteiger partial charge in [-0.3, -0.25) is 4.79 Å². The van der Waals surface area contributed by atoms with Crippen LogP contribution in [0.4, 0.5) is 5.69 Å². The van der Waals surface area contributed by atoms with Crippen LogP contribution in [-0.2, 0) is 14.8 Å². The minimum absolute atomic E-state index is 0.192. The Morgan fingerprint density at radius 2 is 1.76 bits per heavy atom. The van der Waals surface area contributed by atoms with Gasteiger partial charge in [0.15, 0.2) is 0 Å². The van der Waals surface area contributed by atoms with Crippen LogP contribution in [0.3, 0.4) is 0 Å². The van der Waals surface area contributed by atoms with Gasteiger partial charge in [0.2, 0.25) is 15.9 Å². The Hall–Kier alpha value is -1.83. The molecular weight excluding hydrogens is 356 g/mol. The van der Waals surface area contributed by atoms with Gasteiger partial charge < -0.3 is 5.32 Å². The molecule has 134 valence electrons. The molecule has 0 aliphatic heterocycles. The standard InChI is InChI=1S/C18H22N2O3S2/c1-4-20(25(22,23)15-11-9-14(2)10-12-15)13-18(21)19-16-7-5-6-8-17(16)24-3/h5-12H,4,13H2,1-3H3,(H,19,21). The van der Waals surface area contributed by atoms with E-state index < -0.39 is 10.0 Å². The first kappa shape index (κ1) is 19.5. The monoisotopic (exact) mass is 378 g/mol. The molecule has 0 bridgehead atoms. The van der Waals surface area contributed by atoms with E-state index in [1.54, 1.807) is 37.3 Å². The highest BCUT2D eigenvalue weighted by Gasteiger charge is 2.25. The minimum atomic E-state index is -3.70. The third kappa shape index (κ3) is 4.84. The van der Waals surface area contributed by atoms with Crippen molar-refractivity contribution in [3.05, 3.63) is 54.1 Å². The number of benzene rings is 2. The van der Waals surface area contributed by atoms with E-state index in [9.17, 15) is 13.2 Å². The van der Waals surface area contributed by atoms with E-state index in [2.05, 4.69) is 5.32 Å². The molecule has 0 saturated heterocycles. The van der Waals surface area contributed by atoms with Gasteiger partial charge in [-0.25, -0.2) is 8.42 Å². The maximum atomic E-state index is 12.7. The van der Waals surface area contributed by atoms with Crippen LogP contribution in [-0.4, -0.2) is 38.0 Å². The Kier molecular flexibility index (Phi) is 6.64. The average molecular weight is 379 g/mol. The van der Waals surface area contributed by atoms with Crippen molar-refractivity contribution in [3.63, 3.8) is 0 Å². The van der Waals surface area contributed by atoms with Crippen LogP contribution in [0, 0.1) is 6.92 Å². The number of thioether (sulfide) groups is 1. The number of aryl methyl sites for hydroxylation is 1. The number of nitrogens with zero attached hydrogens (tertiary/aromatic N) is 1. The van der Waals surface area contributed by atoms with Crippen LogP contribution >= 0.6 is 11.8 Å². The van der Waals surface area contributed by atoms with E-state index in [0.717, 1.165) is 10.5 Å². The second-order valence-electron chi connectivity index (χ2n) is 5.49. The van der Waals surface area contributed by atoms with Crippen LogP contribution in [0.25, 0.3) is 0 Å². The minimum Gasteiger partial charge on any atom is -0.324 e. The molecular formula is C18H22N2O3S2. The number of sulfonamides is 1. The summed E-state index contributed by atoms with van der Waals surface area (Å²) in [7, 11) is -3.70. The summed E-state index contributed by atoms with van der Waals surface area (Å²) in [4.78, 5) is 13.5. The number of carbonyl (C=O) groups is 1. The maximum Gasteiger partial charge on any atom is 0.243 e. The second kappa shape index (κ2) is 8.51. The lowest BCUT2D eigenvalue weighted by Crippen LogP contribution is -2.37. The fraction of sp³-hybridized carbons (Fsp3) is 0.278. The van der Waals surface area contributed by atoms with Crippen molar-refractivity contribution >= 4 is 33.4 Å². The molecule has 2 aromatic rings. The lowest BCUT2D eigenvalue weighted by molar-refractivity contribution is -0.116. The first-order valence-electron chi connectivity index (χ1n) is 7.88. The first-order chi connectivity index (χ1) is 11.9. The number of para-hydroxylation sites is 1. The van der Waals surface area contributed by atoms with Gasteiger partial charge in [-0.15, -0.1) is 11.8 Å². The normalized spacial score (nSPS) is 11.5. The molecule has 0 spiro atoms. The largest absolute Gasteiger partial charge is 0.324 e. The van der Waals surface area contributed by atoms with Crippen LogP contribution in [0.1, 0.15) is 12.5 Å². The highest BCUT2D eigenvalue weighted by atomic mass is 32.2. The Balaban J connectivity index is 2.15. The third-order valence-electron chi connectivity index (χ3n) is 3.71. The summed E-state index contributed by atoms with van der Waals surface area (Å²) < 4.78 is 26.6. The lowest BCUT2D eigenvalue weighted by Gasteiger charge is -2.20. The number of carbonyl (C=O) groups excluding carboxylic acids is 1. The molecule has 1 N–H and O–H groups in total. The summed E-state index contributed by atoms with van der Waals surface area (Å²) in [5.41, 5.74) is 1.66. The van der Waals surface area contributed by atoms with Gasteiger partial charge in [0.1, 0.15) is 0 Å². The summed E-state index contributed by atoms with van der Waals surface area (Å²) in [5, 5.41) is 2.79. The van der Waals surface area contributed by atoms with Crippen LogP contribution < -0.4 is 5.32 Å². The van der Waals surface area contributed by atoms with E-state index in [-0.39, 0.29) is 23.9 Å². The summed E-state index contributed by atoms with van der Waals surface area (Å²) in [6.45, 7) is 3.60. The van der Waals surface area contributed by atoms with Gasteiger partial charge >= 0.3 is 0 Å². The van der Waals surface area contributed by atoms with Gasteiger partial charge in [-0.05, 0) is 37.4 Å². The molecule has 0 saturated carbocycles. The van der Waals surface area contributed by atoms with E-state index in [1.807, 2.05) is 31.4 Å². The van der Waals surface area contributed by atoms with Crippen molar-refractivity contribution in [2.75, 3.05) is 24.7 Å². The lowest BCUT2D eigenvalue weighted by atomic mass is 10.2. The summed E-state index contributed by atoms with van der Waals surface area (Å²) in [6.07, 6.45) is 1.92. The van der Waals surface area contributed by atoms with E-state index >= 15 is 0 Å². The Labute approximate surface area is 153 Å². The van der Waals surface area contributed by atoms with Crippen molar-refractivity contribution in [2.24, 2.45) is 0 Å².